The average molecular weight is 268 g/mol. The lowest BCUT2D eigenvalue weighted by Crippen LogP contribution is -2.31. The molecule has 4 nitrogen and oxygen atoms in total. The van der Waals surface area contributed by atoms with Crippen LogP contribution in [0.4, 0.5) is 0 Å². The summed E-state index contributed by atoms with van der Waals surface area (Å²) in [7, 11) is 0. The molecule has 2 heterocycles. The summed E-state index contributed by atoms with van der Waals surface area (Å²) in [5, 5.41) is 6.31. The molecule has 0 N–H and O–H groups in total. The number of benzene rings is 1. The Morgan fingerprint density at radius 2 is 2.35 bits per heavy atom. The predicted octanol–water partition coefficient (Wildman–Crippen LogP) is 2.46. The molecule has 0 bridgehead atoms. The standard InChI is InChI=1S/C16H16N2O2/c19-10-5-9-18-16(15-8-3-4-11-20-15)14-7-2-1-6-13(14)12-17-18/h1-2,5-8,12,16H,3-4,9,11H2. The zero-order chi connectivity index (χ0) is 13.8. The Labute approximate surface area is 118 Å². The van der Waals surface area contributed by atoms with E-state index in [0.29, 0.717) is 6.54 Å². The van der Waals surface area contributed by atoms with Crippen molar-refractivity contribution in [2.24, 2.45) is 5.10 Å². The third kappa shape index (κ3) is 2.38. The first-order valence-corrected chi connectivity index (χ1v) is 6.82. The van der Waals surface area contributed by atoms with Crippen molar-refractivity contribution in [2.75, 3.05) is 13.2 Å². The van der Waals surface area contributed by atoms with Crippen LogP contribution in [0.1, 0.15) is 30.0 Å². The number of carbonyl (C=O) groups excluding carboxylic acids is 1. The number of rotatable bonds is 3. The van der Waals surface area contributed by atoms with Crippen LogP contribution in [-0.2, 0) is 9.53 Å². The van der Waals surface area contributed by atoms with E-state index in [1.54, 1.807) is 0 Å². The van der Waals surface area contributed by atoms with E-state index in [1.165, 1.54) is 6.08 Å². The van der Waals surface area contributed by atoms with Crippen LogP contribution < -0.4 is 0 Å². The first-order valence-electron chi connectivity index (χ1n) is 6.82. The summed E-state index contributed by atoms with van der Waals surface area (Å²) in [6.07, 6.45) is 7.48. The van der Waals surface area contributed by atoms with Crippen LogP contribution in [0.5, 0.6) is 0 Å². The van der Waals surface area contributed by atoms with E-state index in [2.05, 4.69) is 17.2 Å². The molecule has 1 unspecified atom stereocenters. The van der Waals surface area contributed by atoms with Crippen molar-refractivity contribution >= 4 is 12.2 Å². The Hall–Kier alpha value is -2.32. The highest BCUT2D eigenvalue weighted by Gasteiger charge is 2.29. The van der Waals surface area contributed by atoms with Crippen LogP contribution >= 0.6 is 0 Å². The van der Waals surface area contributed by atoms with Crippen molar-refractivity contribution in [1.82, 2.24) is 5.01 Å². The van der Waals surface area contributed by atoms with E-state index < -0.39 is 0 Å². The molecule has 4 heteroatoms. The van der Waals surface area contributed by atoms with Crippen LogP contribution in [0.25, 0.3) is 0 Å². The fourth-order valence-corrected chi connectivity index (χ4v) is 2.59. The minimum Gasteiger partial charge on any atom is -0.496 e. The van der Waals surface area contributed by atoms with Crippen LogP contribution in [0, 0.1) is 0 Å². The topological polar surface area (TPSA) is 41.9 Å². The van der Waals surface area contributed by atoms with Gasteiger partial charge in [-0.1, -0.05) is 24.3 Å². The molecule has 102 valence electrons. The van der Waals surface area contributed by atoms with Gasteiger partial charge in [-0.05, 0) is 24.5 Å². The Balaban J connectivity index is 2.00. The normalized spacial score (nSPS) is 20.5. The fraction of sp³-hybridized carbons (Fsp3) is 0.312. The molecule has 0 saturated carbocycles. The molecule has 0 aliphatic carbocycles. The lowest BCUT2D eigenvalue weighted by Gasteiger charge is -2.34. The number of hydrazone groups is 1. The summed E-state index contributed by atoms with van der Waals surface area (Å²) in [6, 6.07) is 8.09. The smallest absolute Gasteiger partial charge is 0.130 e. The van der Waals surface area contributed by atoms with Gasteiger partial charge >= 0.3 is 0 Å². The number of hydrogen-bond acceptors (Lipinski definition) is 4. The summed E-state index contributed by atoms with van der Waals surface area (Å²) in [6.45, 7) is 1.17. The molecule has 0 spiro atoms. The zero-order valence-electron chi connectivity index (χ0n) is 11.2. The van der Waals surface area contributed by atoms with Crippen LogP contribution in [-0.4, -0.2) is 30.3 Å². The van der Waals surface area contributed by atoms with E-state index in [4.69, 9.17) is 4.74 Å². The second-order valence-electron chi connectivity index (χ2n) is 4.82. The van der Waals surface area contributed by atoms with E-state index >= 15 is 0 Å². The van der Waals surface area contributed by atoms with Gasteiger partial charge in [0.15, 0.2) is 0 Å². The SMILES string of the molecule is O=C=CCN1N=Cc2ccccc2C1C1=CCCCO1. The molecule has 0 radical (unpaired) electrons. The van der Waals surface area contributed by atoms with Gasteiger partial charge in [0.05, 0.1) is 19.4 Å². The van der Waals surface area contributed by atoms with E-state index in [-0.39, 0.29) is 6.04 Å². The molecule has 3 rings (SSSR count). The minimum absolute atomic E-state index is 0.0545. The Morgan fingerprint density at radius 1 is 1.45 bits per heavy atom. The molecule has 2 aliphatic rings. The van der Waals surface area contributed by atoms with Gasteiger partial charge in [0.1, 0.15) is 17.7 Å². The number of allylic oxidation sites excluding steroid dienone is 1. The van der Waals surface area contributed by atoms with Gasteiger partial charge in [0, 0.05) is 11.6 Å². The molecule has 0 aromatic heterocycles. The van der Waals surface area contributed by atoms with Crippen molar-refractivity contribution in [1.29, 1.82) is 0 Å². The molecule has 0 amide bonds. The number of ether oxygens (including phenoxy) is 1. The Morgan fingerprint density at radius 3 is 3.15 bits per heavy atom. The molecule has 20 heavy (non-hydrogen) atoms. The van der Waals surface area contributed by atoms with E-state index in [9.17, 15) is 4.79 Å². The van der Waals surface area contributed by atoms with Gasteiger partial charge in [0.25, 0.3) is 0 Å². The van der Waals surface area contributed by atoms with Gasteiger partial charge in [-0.15, -0.1) is 0 Å². The first kappa shape index (κ1) is 12.7. The summed E-state index contributed by atoms with van der Waals surface area (Å²) in [4.78, 5) is 10.5. The second-order valence-corrected chi connectivity index (χ2v) is 4.82. The van der Waals surface area contributed by atoms with Gasteiger partial charge in [-0.2, -0.15) is 5.10 Å². The number of nitrogens with zero attached hydrogens (tertiary/aromatic N) is 2. The Kier molecular flexibility index (Phi) is 3.66. The average Bonchev–Trinajstić information content (AvgIpc) is 2.53. The minimum atomic E-state index is -0.0545. The van der Waals surface area contributed by atoms with Crippen LogP contribution in [0.15, 0.2) is 47.3 Å². The highest BCUT2D eigenvalue weighted by Crippen LogP contribution is 2.35. The fourth-order valence-electron chi connectivity index (χ4n) is 2.59. The lowest BCUT2D eigenvalue weighted by molar-refractivity contribution is 0.119. The van der Waals surface area contributed by atoms with Crippen molar-refractivity contribution in [3.05, 3.63) is 53.3 Å². The third-order valence-corrected chi connectivity index (χ3v) is 3.53. The monoisotopic (exact) mass is 268 g/mol. The maximum Gasteiger partial charge on any atom is 0.130 e. The molecular weight excluding hydrogens is 252 g/mol. The summed E-state index contributed by atoms with van der Waals surface area (Å²) >= 11 is 0. The molecule has 0 fully saturated rings. The third-order valence-electron chi connectivity index (χ3n) is 3.53. The molecule has 1 atom stereocenters. The molecule has 1 aromatic rings. The summed E-state index contributed by atoms with van der Waals surface area (Å²) in [5.41, 5.74) is 2.26. The van der Waals surface area contributed by atoms with Gasteiger partial charge in [0.2, 0.25) is 0 Å². The Bertz CT molecular complexity index is 600. The number of hydrogen-bond donors (Lipinski definition) is 0. The zero-order valence-corrected chi connectivity index (χ0v) is 11.2. The molecule has 0 saturated heterocycles. The first-order chi connectivity index (χ1) is 9.90. The summed E-state index contributed by atoms with van der Waals surface area (Å²) < 4.78 is 5.82. The maximum absolute atomic E-state index is 10.5. The van der Waals surface area contributed by atoms with Crippen molar-refractivity contribution in [3.63, 3.8) is 0 Å². The summed E-state index contributed by atoms with van der Waals surface area (Å²) in [5.74, 6) is 2.74. The highest BCUT2D eigenvalue weighted by atomic mass is 16.5. The second kappa shape index (κ2) is 5.76. The largest absolute Gasteiger partial charge is 0.496 e. The van der Waals surface area contributed by atoms with Crippen LogP contribution in [0.3, 0.4) is 0 Å². The predicted molar refractivity (Wildman–Crippen MR) is 77.0 cm³/mol. The van der Waals surface area contributed by atoms with Crippen molar-refractivity contribution < 1.29 is 9.53 Å². The van der Waals surface area contributed by atoms with E-state index in [1.807, 2.05) is 35.4 Å². The van der Waals surface area contributed by atoms with Crippen molar-refractivity contribution in [3.8, 4) is 0 Å². The maximum atomic E-state index is 10.5. The number of fused-ring (bicyclic) bond motifs is 1. The molecule has 1 aromatic carbocycles. The van der Waals surface area contributed by atoms with Crippen molar-refractivity contribution in [2.45, 2.75) is 18.9 Å². The van der Waals surface area contributed by atoms with Gasteiger partial charge in [-0.25, -0.2) is 4.79 Å². The molecular formula is C16H16N2O2. The van der Waals surface area contributed by atoms with Crippen LogP contribution in [0.2, 0.25) is 0 Å². The molecule has 2 aliphatic heterocycles. The van der Waals surface area contributed by atoms with E-state index in [0.717, 1.165) is 36.3 Å². The highest BCUT2D eigenvalue weighted by molar-refractivity contribution is 5.83. The lowest BCUT2D eigenvalue weighted by atomic mass is 9.96. The van der Waals surface area contributed by atoms with Gasteiger partial charge in [-0.3, -0.25) is 5.01 Å². The quantitative estimate of drug-likeness (QED) is 0.791. The van der Waals surface area contributed by atoms with Gasteiger partial charge < -0.3 is 4.74 Å².